The van der Waals surface area contributed by atoms with Crippen LogP contribution in [0.25, 0.3) is 10.8 Å². The van der Waals surface area contributed by atoms with Gasteiger partial charge in [0.25, 0.3) is 5.91 Å². The van der Waals surface area contributed by atoms with Gasteiger partial charge < -0.3 is 28.9 Å². The Morgan fingerprint density at radius 2 is 2.05 bits per heavy atom. The van der Waals surface area contributed by atoms with Crippen LogP contribution in [0.15, 0.2) is 59.1 Å². The van der Waals surface area contributed by atoms with Crippen molar-refractivity contribution in [1.82, 2.24) is 10.4 Å². The number of methoxy groups -OCH3 is 1. The molecule has 1 heterocycles. The molecule has 1 N–H and O–H groups in total. The summed E-state index contributed by atoms with van der Waals surface area (Å²) >= 11 is 3.51. The van der Waals surface area contributed by atoms with Crippen LogP contribution in [0.1, 0.15) is 18.9 Å². The maximum atomic E-state index is 13.8. The Balaban J connectivity index is 1.64. The Labute approximate surface area is 223 Å². The van der Waals surface area contributed by atoms with E-state index in [1.807, 2.05) is 48.5 Å². The van der Waals surface area contributed by atoms with Gasteiger partial charge in [-0.15, -0.1) is 5.48 Å². The molecule has 0 unspecified atom stereocenters. The number of para-hydroxylation sites is 2. The number of hydroxylamine groups is 1. The van der Waals surface area contributed by atoms with Gasteiger partial charge in [0.2, 0.25) is 0 Å². The van der Waals surface area contributed by atoms with Crippen molar-refractivity contribution in [2.75, 3.05) is 25.7 Å². The van der Waals surface area contributed by atoms with E-state index in [4.69, 9.17) is 14.3 Å². The Hall–Kier alpha value is -3.63. The lowest BCUT2D eigenvalue weighted by atomic mass is 10.0. The van der Waals surface area contributed by atoms with Crippen molar-refractivity contribution in [3.63, 3.8) is 0 Å². The second kappa shape index (κ2) is 11.6. The standard InChI is InChI=1S/C27H28BrN3O6/c1-17(12-13-32)30(2)27(34)37-29-22-16-36-25-7-5-4-6-23(25)31(26(22)33)15-21-20-10-9-19(28)14-18(20)8-11-24(21)35-3/h4-11,13-14,17,22,29H,12,15-16H2,1-3H3/t17-,22-/m0/s1. The number of hydrogen-bond acceptors (Lipinski definition) is 7. The van der Waals surface area contributed by atoms with Crippen LogP contribution in [-0.4, -0.2) is 56.0 Å². The van der Waals surface area contributed by atoms with E-state index in [0.29, 0.717) is 17.2 Å². The van der Waals surface area contributed by atoms with Crippen LogP contribution >= 0.6 is 15.9 Å². The van der Waals surface area contributed by atoms with Crippen LogP contribution in [0.5, 0.6) is 11.5 Å². The molecule has 37 heavy (non-hydrogen) atoms. The van der Waals surface area contributed by atoms with Crippen LogP contribution in [0.2, 0.25) is 0 Å². The molecule has 4 rings (SSSR count). The molecule has 0 saturated heterocycles. The number of benzene rings is 3. The van der Waals surface area contributed by atoms with Gasteiger partial charge in [-0.25, -0.2) is 4.79 Å². The molecule has 0 bridgehead atoms. The van der Waals surface area contributed by atoms with Crippen LogP contribution in [0.4, 0.5) is 10.5 Å². The lowest BCUT2D eigenvalue weighted by Gasteiger charge is -2.27. The lowest BCUT2D eigenvalue weighted by molar-refractivity contribution is -0.124. The van der Waals surface area contributed by atoms with Crippen molar-refractivity contribution in [1.29, 1.82) is 0 Å². The predicted molar refractivity (Wildman–Crippen MR) is 143 cm³/mol. The molecule has 3 aromatic rings. The van der Waals surface area contributed by atoms with E-state index in [2.05, 4.69) is 21.4 Å². The van der Waals surface area contributed by atoms with Crippen molar-refractivity contribution in [2.45, 2.75) is 32.0 Å². The number of nitrogens with zero attached hydrogens (tertiary/aromatic N) is 2. The smallest absolute Gasteiger partial charge is 0.428 e. The molecule has 1 aliphatic heterocycles. The second-order valence-electron chi connectivity index (χ2n) is 8.72. The van der Waals surface area contributed by atoms with Crippen molar-refractivity contribution in [2.24, 2.45) is 0 Å². The third kappa shape index (κ3) is 5.70. The summed E-state index contributed by atoms with van der Waals surface area (Å²) in [5, 5.41) is 1.94. The summed E-state index contributed by atoms with van der Waals surface area (Å²) in [6.07, 6.45) is 0.195. The largest absolute Gasteiger partial charge is 0.496 e. The summed E-state index contributed by atoms with van der Waals surface area (Å²) in [5.41, 5.74) is 4.00. The highest BCUT2D eigenvalue weighted by Crippen LogP contribution is 2.36. The van der Waals surface area contributed by atoms with Crippen LogP contribution in [-0.2, 0) is 21.0 Å². The van der Waals surface area contributed by atoms with E-state index in [1.165, 1.54) is 11.9 Å². The molecule has 0 aromatic heterocycles. The molecule has 194 valence electrons. The number of aldehydes is 1. The van der Waals surface area contributed by atoms with Crippen LogP contribution in [0.3, 0.4) is 0 Å². The fourth-order valence-electron chi connectivity index (χ4n) is 4.13. The zero-order chi connectivity index (χ0) is 26.5. The first-order chi connectivity index (χ1) is 17.8. The first-order valence-electron chi connectivity index (χ1n) is 11.7. The molecule has 0 radical (unpaired) electrons. The minimum atomic E-state index is -0.971. The quantitative estimate of drug-likeness (QED) is 0.316. The SMILES string of the molecule is COc1ccc2cc(Br)ccc2c1CN1C(=O)[C@@H](NOC(=O)N(C)[C@@H](C)CC=O)COc2ccccc21. The average Bonchev–Trinajstić information content (AvgIpc) is 3.03. The fourth-order valence-corrected chi connectivity index (χ4v) is 4.51. The summed E-state index contributed by atoms with van der Waals surface area (Å²) in [5.74, 6) is 0.842. The third-order valence-corrected chi connectivity index (χ3v) is 6.88. The van der Waals surface area contributed by atoms with Crippen molar-refractivity contribution >= 4 is 50.7 Å². The minimum Gasteiger partial charge on any atom is -0.496 e. The van der Waals surface area contributed by atoms with E-state index >= 15 is 0 Å². The summed E-state index contributed by atoms with van der Waals surface area (Å²) < 4.78 is 12.5. The molecule has 9 nitrogen and oxygen atoms in total. The van der Waals surface area contributed by atoms with Crippen LogP contribution in [0, 0.1) is 0 Å². The van der Waals surface area contributed by atoms with Gasteiger partial charge >= 0.3 is 6.09 Å². The molecular formula is C27H28BrN3O6. The number of hydrogen-bond donors (Lipinski definition) is 1. The molecule has 3 aromatic carbocycles. The van der Waals surface area contributed by atoms with E-state index < -0.39 is 12.1 Å². The zero-order valence-corrected chi connectivity index (χ0v) is 22.4. The van der Waals surface area contributed by atoms with E-state index in [0.717, 1.165) is 27.1 Å². The zero-order valence-electron chi connectivity index (χ0n) is 20.8. The number of rotatable bonds is 8. The Kier molecular flexibility index (Phi) is 8.30. The van der Waals surface area contributed by atoms with Crippen molar-refractivity contribution in [3.8, 4) is 11.5 Å². The molecular weight excluding hydrogens is 542 g/mol. The topological polar surface area (TPSA) is 97.4 Å². The van der Waals surface area contributed by atoms with Gasteiger partial charge in [-0.1, -0.05) is 40.2 Å². The monoisotopic (exact) mass is 569 g/mol. The van der Waals surface area contributed by atoms with Gasteiger partial charge in [-0.3, -0.25) is 4.79 Å². The number of nitrogens with one attached hydrogen (secondary N) is 1. The molecule has 2 atom stereocenters. The second-order valence-corrected chi connectivity index (χ2v) is 9.63. The average molecular weight is 570 g/mol. The molecule has 1 aliphatic rings. The van der Waals surface area contributed by atoms with Crippen molar-refractivity contribution < 1.29 is 28.7 Å². The number of carbonyl (C=O) groups is 3. The van der Waals surface area contributed by atoms with Crippen LogP contribution < -0.4 is 19.9 Å². The minimum absolute atomic E-state index is 0.0488. The molecule has 0 spiro atoms. The first kappa shape index (κ1) is 26.4. The lowest BCUT2D eigenvalue weighted by Crippen LogP contribution is -2.50. The highest BCUT2D eigenvalue weighted by Gasteiger charge is 2.34. The summed E-state index contributed by atoms with van der Waals surface area (Å²) in [7, 11) is 3.12. The highest BCUT2D eigenvalue weighted by atomic mass is 79.9. The third-order valence-electron chi connectivity index (χ3n) is 6.39. The number of anilines is 1. The number of fused-ring (bicyclic) bond motifs is 2. The normalized spacial score (nSPS) is 15.8. The number of ether oxygens (including phenoxy) is 2. The molecule has 0 saturated carbocycles. The Morgan fingerprint density at radius 3 is 2.81 bits per heavy atom. The fraction of sp³-hybridized carbons (Fsp3) is 0.296. The molecule has 10 heteroatoms. The van der Waals surface area contributed by atoms with Gasteiger partial charge in [0.05, 0.1) is 19.3 Å². The molecule has 0 aliphatic carbocycles. The van der Waals surface area contributed by atoms with Gasteiger partial charge in [-0.05, 0) is 48.0 Å². The number of halogens is 1. The highest BCUT2D eigenvalue weighted by molar-refractivity contribution is 9.10. The van der Waals surface area contributed by atoms with Gasteiger partial charge in [0, 0.05) is 29.5 Å². The van der Waals surface area contributed by atoms with E-state index in [1.54, 1.807) is 25.0 Å². The van der Waals surface area contributed by atoms with Gasteiger partial charge in [0.15, 0.2) is 6.04 Å². The van der Waals surface area contributed by atoms with E-state index in [-0.39, 0.29) is 31.5 Å². The van der Waals surface area contributed by atoms with E-state index in [9.17, 15) is 14.4 Å². The summed E-state index contributed by atoms with van der Waals surface area (Å²) in [6, 6.07) is 15.7. The number of amides is 2. The van der Waals surface area contributed by atoms with Gasteiger partial charge in [0.1, 0.15) is 24.4 Å². The number of carbonyl (C=O) groups excluding carboxylic acids is 3. The van der Waals surface area contributed by atoms with Gasteiger partial charge in [-0.2, -0.15) is 0 Å². The maximum Gasteiger partial charge on any atom is 0.428 e. The first-order valence-corrected chi connectivity index (χ1v) is 12.5. The Morgan fingerprint density at radius 1 is 1.27 bits per heavy atom. The Bertz CT molecular complexity index is 1320. The maximum absolute atomic E-state index is 13.8. The summed E-state index contributed by atoms with van der Waals surface area (Å²) in [4.78, 5) is 45.2. The summed E-state index contributed by atoms with van der Waals surface area (Å²) in [6.45, 7) is 1.88. The predicted octanol–water partition coefficient (Wildman–Crippen LogP) is 4.46. The molecule has 0 fully saturated rings. The molecule has 2 amide bonds. The van der Waals surface area contributed by atoms with Crippen molar-refractivity contribution in [3.05, 3.63) is 64.6 Å².